The lowest BCUT2D eigenvalue weighted by atomic mass is 9.94. The topological polar surface area (TPSA) is 78.4 Å². The van der Waals surface area contributed by atoms with Crippen molar-refractivity contribution in [2.45, 2.75) is 20.8 Å². The van der Waals surface area contributed by atoms with E-state index in [1.165, 1.54) is 0 Å². The number of rotatable bonds is 4. The van der Waals surface area contributed by atoms with E-state index >= 15 is 0 Å². The second-order valence-corrected chi connectivity index (χ2v) is 3.40. The molecule has 0 aromatic rings. The summed E-state index contributed by atoms with van der Waals surface area (Å²) in [7, 11) is 0. The van der Waals surface area contributed by atoms with E-state index in [1.54, 1.807) is 20.8 Å². The Bertz CT molecular complexity index is 202. The molecule has 0 spiro atoms. The molecule has 76 valence electrons. The second kappa shape index (κ2) is 4.69. The van der Waals surface area contributed by atoms with Gasteiger partial charge in [-0.05, 0) is 20.8 Å². The first kappa shape index (κ1) is 11.7. The molecule has 5 nitrogen and oxygen atoms in total. The van der Waals surface area contributed by atoms with E-state index in [1.807, 2.05) is 0 Å². The summed E-state index contributed by atoms with van der Waals surface area (Å²) in [5.74, 6) is -0.927. The normalized spacial score (nSPS) is 10.7. The molecule has 13 heavy (non-hydrogen) atoms. The number of hydrogen-bond acceptors (Lipinski definition) is 2. The van der Waals surface area contributed by atoms with Crippen molar-refractivity contribution in [1.29, 1.82) is 0 Å². The van der Waals surface area contributed by atoms with Gasteiger partial charge in [0.1, 0.15) is 0 Å². The van der Waals surface area contributed by atoms with Crippen LogP contribution >= 0.6 is 0 Å². The van der Waals surface area contributed by atoms with Crippen molar-refractivity contribution < 1.29 is 14.7 Å². The smallest absolute Gasteiger partial charge is 0.314 e. The Kier molecular flexibility index (Phi) is 4.23. The van der Waals surface area contributed by atoms with Crippen molar-refractivity contribution in [3.8, 4) is 0 Å². The van der Waals surface area contributed by atoms with Crippen molar-refractivity contribution in [3.05, 3.63) is 0 Å². The Hall–Kier alpha value is -1.26. The Morgan fingerprint density at radius 2 is 1.85 bits per heavy atom. The average Bonchev–Trinajstić information content (AvgIpc) is 2.01. The summed E-state index contributed by atoms with van der Waals surface area (Å²) in [6.07, 6.45) is 0. The number of carboxylic acid groups (broad SMARTS) is 1. The highest BCUT2D eigenvalue weighted by atomic mass is 16.4. The fourth-order valence-corrected chi connectivity index (χ4v) is 0.600. The fourth-order valence-electron chi connectivity index (χ4n) is 0.600. The maximum Gasteiger partial charge on any atom is 0.314 e. The summed E-state index contributed by atoms with van der Waals surface area (Å²) in [6.45, 7) is 5.55. The largest absolute Gasteiger partial charge is 0.481 e. The highest BCUT2D eigenvalue weighted by Gasteiger charge is 2.27. The zero-order valence-electron chi connectivity index (χ0n) is 8.18. The molecule has 0 saturated carbocycles. The third kappa shape index (κ3) is 4.35. The van der Waals surface area contributed by atoms with Crippen molar-refractivity contribution in [1.82, 2.24) is 10.6 Å². The number of hydrogen-bond donors (Lipinski definition) is 3. The first-order valence-corrected chi connectivity index (χ1v) is 4.15. The number of carboxylic acids is 1. The van der Waals surface area contributed by atoms with Crippen molar-refractivity contribution in [3.63, 3.8) is 0 Å². The van der Waals surface area contributed by atoms with Gasteiger partial charge in [-0.3, -0.25) is 4.79 Å². The van der Waals surface area contributed by atoms with Gasteiger partial charge in [0.2, 0.25) is 0 Å². The van der Waals surface area contributed by atoms with Gasteiger partial charge in [0.25, 0.3) is 0 Å². The van der Waals surface area contributed by atoms with Gasteiger partial charge in [-0.1, -0.05) is 0 Å². The molecule has 0 bridgehead atoms. The predicted octanol–water partition coefficient (Wildman–Crippen LogP) is 0.416. The van der Waals surface area contributed by atoms with Gasteiger partial charge in [-0.25, -0.2) is 4.79 Å². The van der Waals surface area contributed by atoms with Crippen LogP contribution < -0.4 is 10.6 Å². The van der Waals surface area contributed by atoms with Crippen LogP contribution in [0.3, 0.4) is 0 Å². The molecule has 0 atom stereocenters. The molecule has 0 heterocycles. The molecule has 0 radical (unpaired) electrons. The number of nitrogens with one attached hydrogen (secondary N) is 2. The minimum absolute atomic E-state index is 0.119. The van der Waals surface area contributed by atoms with Crippen molar-refractivity contribution >= 4 is 12.0 Å². The lowest BCUT2D eigenvalue weighted by Gasteiger charge is -2.19. The number of carbonyl (C=O) groups excluding carboxylic acids is 1. The zero-order valence-corrected chi connectivity index (χ0v) is 8.18. The maximum absolute atomic E-state index is 10.9. The van der Waals surface area contributed by atoms with Crippen LogP contribution in [0.15, 0.2) is 0 Å². The van der Waals surface area contributed by atoms with Crippen LogP contribution in [-0.4, -0.2) is 30.2 Å². The van der Waals surface area contributed by atoms with E-state index in [0.29, 0.717) is 6.54 Å². The maximum atomic E-state index is 10.9. The first-order valence-electron chi connectivity index (χ1n) is 4.15. The third-order valence-corrected chi connectivity index (χ3v) is 1.61. The molecule has 0 saturated heterocycles. The van der Waals surface area contributed by atoms with Crippen LogP contribution in [-0.2, 0) is 4.79 Å². The number of aliphatic carboxylic acids is 1. The highest BCUT2D eigenvalue weighted by Crippen LogP contribution is 2.12. The van der Waals surface area contributed by atoms with Crippen LogP contribution in [0.4, 0.5) is 4.79 Å². The van der Waals surface area contributed by atoms with Gasteiger partial charge >= 0.3 is 12.0 Å². The van der Waals surface area contributed by atoms with Crippen LogP contribution in [0.2, 0.25) is 0 Å². The summed E-state index contributed by atoms with van der Waals surface area (Å²) in [4.78, 5) is 21.5. The molecule has 2 amide bonds. The molecule has 0 fully saturated rings. The molecule has 0 unspecified atom stereocenters. The quantitative estimate of drug-likeness (QED) is 0.598. The summed E-state index contributed by atoms with van der Waals surface area (Å²) in [6, 6.07) is -0.336. The van der Waals surface area contributed by atoms with E-state index in [-0.39, 0.29) is 12.6 Å². The number of urea groups is 1. The van der Waals surface area contributed by atoms with E-state index in [9.17, 15) is 9.59 Å². The van der Waals surface area contributed by atoms with Crippen LogP contribution in [0, 0.1) is 5.41 Å². The molecular weight excluding hydrogens is 172 g/mol. The Labute approximate surface area is 77.5 Å². The van der Waals surface area contributed by atoms with Gasteiger partial charge < -0.3 is 15.7 Å². The summed E-state index contributed by atoms with van der Waals surface area (Å²) in [5.41, 5.74) is -0.926. The van der Waals surface area contributed by atoms with Gasteiger partial charge in [0.05, 0.1) is 5.41 Å². The van der Waals surface area contributed by atoms with Crippen LogP contribution in [0.25, 0.3) is 0 Å². The van der Waals surface area contributed by atoms with Gasteiger partial charge in [-0.15, -0.1) is 0 Å². The molecule has 3 N–H and O–H groups in total. The fraction of sp³-hybridized carbons (Fsp3) is 0.750. The molecule has 5 heteroatoms. The van der Waals surface area contributed by atoms with E-state index < -0.39 is 11.4 Å². The Morgan fingerprint density at radius 3 is 2.23 bits per heavy atom. The van der Waals surface area contributed by atoms with Gasteiger partial charge in [0.15, 0.2) is 0 Å². The number of carbonyl (C=O) groups is 2. The molecule has 0 aromatic carbocycles. The minimum Gasteiger partial charge on any atom is -0.481 e. The lowest BCUT2D eigenvalue weighted by Crippen LogP contribution is -2.43. The summed E-state index contributed by atoms with van der Waals surface area (Å²) < 4.78 is 0. The third-order valence-electron chi connectivity index (χ3n) is 1.61. The van der Waals surface area contributed by atoms with Crippen LogP contribution in [0.1, 0.15) is 20.8 Å². The molecule has 0 aliphatic rings. The van der Waals surface area contributed by atoms with E-state index in [4.69, 9.17) is 5.11 Å². The Morgan fingerprint density at radius 1 is 1.31 bits per heavy atom. The van der Waals surface area contributed by atoms with E-state index in [2.05, 4.69) is 10.6 Å². The Balaban J connectivity index is 3.88. The molecule has 0 aliphatic heterocycles. The van der Waals surface area contributed by atoms with Gasteiger partial charge in [-0.2, -0.15) is 0 Å². The molecule has 0 aromatic heterocycles. The van der Waals surface area contributed by atoms with Crippen LogP contribution in [0.5, 0.6) is 0 Å². The van der Waals surface area contributed by atoms with E-state index in [0.717, 1.165) is 0 Å². The number of amides is 2. The minimum atomic E-state index is -0.927. The van der Waals surface area contributed by atoms with Gasteiger partial charge in [0, 0.05) is 13.1 Å². The molecular formula is C8H16N2O3. The van der Waals surface area contributed by atoms with Crippen molar-refractivity contribution in [2.24, 2.45) is 5.41 Å². The highest BCUT2D eigenvalue weighted by molar-refractivity contribution is 5.77. The summed E-state index contributed by atoms with van der Waals surface area (Å²) >= 11 is 0. The summed E-state index contributed by atoms with van der Waals surface area (Å²) in [5, 5.41) is 13.7. The average molecular weight is 188 g/mol. The zero-order chi connectivity index (χ0) is 10.5. The molecule has 0 rings (SSSR count). The first-order chi connectivity index (χ1) is 5.90. The SMILES string of the molecule is CCNC(=O)NCC(C)(C)C(=O)O. The predicted molar refractivity (Wildman–Crippen MR) is 48.5 cm³/mol. The second-order valence-electron chi connectivity index (χ2n) is 3.40. The standard InChI is InChI=1S/C8H16N2O3/c1-4-9-7(13)10-5-8(2,3)6(11)12/h4-5H2,1-3H3,(H,11,12)(H2,9,10,13). The van der Waals surface area contributed by atoms with Crippen molar-refractivity contribution in [2.75, 3.05) is 13.1 Å². The monoisotopic (exact) mass is 188 g/mol. The lowest BCUT2D eigenvalue weighted by molar-refractivity contribution is -0.146. The molecule has 0 aliphatic carbocycles.